The van der Waals surface area contributed by atoms with Crippen molar-refractivity contribution in [3.63, 3.8) is 0 Å². The lowest BCUT2D eigenvalue weighted by Gasteiger charge is -2.23. The maximum absolute atomic E-state index is 5.94. The second-order valence-electron chi connectivity index (χ2n) is 5.82. The minimum absolute atomic E-state index is 0.586. The summed E-state index contributed by atoms with van der Waals surface area (Å²) < 4.78 is 0. The zero-order valence-electron chi connectivity index (χ0n) is 13.7. The van der Waals surface area contributed by atoms with Gasteiger partial charge in [0.05, 0.1) is 6.54 Å². The first kappa shape index (κ1) is 17.2. The second-order valence-corrected chi connectivity index (χ2v) is 5.82. The molecule has 20 heavy (non-hydrogen) atoms. The molecule has 0 aliphatic carbocycles. The van der Waals surface area contributed by atoms with Crippen LogP contribution in [0.2, 0.25) is 0 Å². The van der Waals surface area contributed by atoms with Crippen molar-refractivity contribution in [3.8, 4) is 0 Å². The lowest BCUT2D eigenvalue weighted by atomic mass is 10.2. The summed E-state index contributed by atoms with van der Waals surface area (Å²) in [7, 11) is 2.15. The lowest BCUT2D eigenvalue weighted by Crippen LogP contribution is -2.40. The van der Waals surface area contributed by atoms with E-state index in [-0.39, 0.29) is 0 Å². The second kappa shape index (κ2) is 9.19. The standard InChI is InChI=1S/C15H33N5/c1-5-13(3)19(4)11-9-17-15(16)18-12-14-8-7-10-20(14)6-2/h13-14H,5-12H2,1-4H3,(H3,16,17,18). The first-order valence-corrected chi connectivity index (χ1v) is 8.06. The van der Waals surface area contributed by atoms with Crippen LogP contribution in [0.15, 0.2) is 4.99 Å². The minimum Gasteiger partial charge on any atom is -0.370 e. The molecular weight excluding hydrogens is 250 g/mol. The predicted molar refractivity (Wildman–Crippen MR) is 87.1 cm³/mol. The number of aliphatic imine (C=N–C) groups is 1. The van der Waals surface area contributed by atoms with Crippen molar-refractivity contribution >= 4 is 5.96 Å². The number of nitrogens with two attached hydrogens (primary N) is 1. The molecule has 0 amide bonds. The van der Waals surface area contributed by atoms with Crippen LogP contribution in [0.1, 0.15) is 40.0 Å². The smallest absolute Gasteiger partial charge is 0.188 e. The van der Waals surface area contributed by atoms with Gasteiger partial charge >= 0.3 is 0 Å². The van der Waals surface area contributed by atoms with Gasteiger partial charge in [0.1, 0.15) is 0 Å². The van der Waals surface area contributed by atoms with Gasteiger partial charge in [-0.25, -0.2) is 0 Å². The van der Waals surface area contributed by atoms with Gasteiger partial charge in [0.2, 0.25) is 0 Å². The van der Waals surface area contributed by atoms with Gasteiger partial charge < -0.3 is 16.0 Å². The number of nitrogens with one attached hydrogen (secondary N) is 1. The Kier molecular flexibility index (Phi) is 7.92. The van der Waals surface area contributed by atoms with Crippen molar-refractivity contribution in [1.29, 1.82) is 0 Å². The molecule has 0 aromatic rings. The third kappa shape index (κ3) is 5.67. The molecule has 0 spiro atoms. The van der Waals surface area contributed by atoms with Crippen LogP contribution in [-0.2, 0) is 0 Å². The number of hydrogen-bond acceptors (Lipinski definition) is 3. The first-order valence-electron chi connectivity index (χ1n) is 8.06. The van der Waals surface area contributed by atoms with Crippen LogP contribution in [0.4, 0.5) is 0 Å². The molecule has 3 N–H and O–H groups in total. The number of hydrogen-bond donors (Lipinski definition) is 2. The van der Waals surface area contributed by atoms with Crippen molar-refractivity contribution in [1.82, 2.24) is 15.1 Å². The third-order valence-corrected chi connectivity index (χ3v) is 4.49. The van der Waals surface area contributed by atoms with Crippen LogP contribution in [0.3, 0.4) is 0 Å². The summed E-state index contributed by atoms with van der Waals surface area (Å²) in [6, 6.07) is 1.20. The molecule has 1 rings (SSSR count). The molecule has 1 aliphatic rings. The van der Waals surface area contributed by atoms with Gasteiger partial charge in [-0.15, -0.1) is 0 Å². The zero-order chi connectivity index (χ0) is 15.0. The zero-order valence-corrected chi connectivity index (χ0v) is 13.7. The van der Waals surface area contributed by atoms with Crippen LogP contribution in [0, 0.1) is 0 Å². The normalized spacial score (nSPS) is 22.4. The Labute approximate surface area is 124 Å². The van der Waals surface area contributed by atoms with Gasteiger partial charge in [-0.1, -0.05) is 13.8 Å². The fraction of sp³-hybridized carbons (Fsp3) is 0.933. The monoisotopic (exact) mass is 283 g/mol. The fourth-order valence-corrected chi connectivity index (χ4v) is 2.67. The van der Waals surface area contributed by atoms with Gasteiger partial charge in [-0.2, -0.15) is 0 Å². The van der Waals surface area contributed by atoms with Crippen LogP contribution >= 0.6 is 0 Å². The highest BCUT2D eigenvalue weighted by Crippen LogP contribution is 2.16. The summed E-state index contributed by atoms with van der Waals surface area (Å²) in [5.74, 6) is 0.588. The van der Waals surface area contributed by atoms with E-state index in [2.05, 4.69) is 47.9 Å². The average Bonchev–Trinajstić information content (AvgIpc) is 2.91. The Balaban J connectivity index is 2.21. The lowest BCUT2D eigenvalue weighted by molar-refractivity contribution is 0.255. The molecule has 2 unspecified atom stereocenters. The molecule has 0 saturated carbocycles. The van der Waals surface area contributed by atoms with Crippen molar-refractivity contribution in [2.75, 3.05) is 39.8 Å². The van der Waals surface area contributed by atoms with Crippen molar-refractivity contribution in [2.24, 2.45) is 10.7 Å². The molecule has 5 heteroatoms. The number of guanidine groups is 1. The Morgan fingerprint density at radius 1 is 1.50 bits per heavy atom. The Bertz CT molecular complexity index is 292. The quantitative estimate of drug-likeness (QED) is 0.517. The molecule has 1 fully saturated rings. The van der Waals surface area contributed by atoms with E-state index >= 15 is 0 Å². The van der Waals surface area contributed by atoms with Crippen LogP contribution in [0.5, 0.6) is 0 Å². The first-order chi connectivity index (χ1) is 9.58. The summed E-state index contributed by atoms with van der Waals surface area (Å²) in [4.78, 5) is 9.33. The molecule has 0 aromatic carbocycles. The van der Waals surface area contributed by atoms with Crippen LogP contribution < -0.4 is 11.1 Å². The molecule has 1 saturated heterocycles. The largest absolute Gasteiger partial charge is 0.370 e. The minimum atomic E-state index is 0.586. The van der Waals surface area contributed by atoms with E-state index in [1.807, 2.05) is 0 Å². The van der Waals surface area contributed by atoms with Gasteiger partial charge in [0.25, 0.3) is 0 Å². The predicted octanol–water partition coefficient (Wildman–Crippen LogP) is 1.11. The maximum atomic E-state index is 5.94. The molecule has 2 atom stereocenters. The summed E-state index contributed by atoms with van der Waals surface area (Å²) in [5, 5.41) is 3.22. The molecule has 0 aromatic heterocycles. The Morgan fingerprint density at radius 3 is 2.90 bits per heavy atom. The Morgan fingerprint density at radius 2 is 2.25 bits per heavy atom. The Hall–Kier alpha value is -0.810. The topological polar surface area (TPSA) is 56.9 Å². The summed E-state index contributed by atoms with van der Waals surface area (Å²) in [5.41, 5.74) is 5.94. The highest BCUT2D eigenvalue weighted by molar-refractivity contribution is 5.77. The number of nitrogens with zero attached hydrogens (tertiary/aromatic N) is 3. The summed E-state index contributed by atoms with van der Waals surface area (Å²) >= 11 is 0. The summed E-state index contributed by atoms with van der Waals surface area (Å²) in [6.45, 7) is 11.7. The SMILES string of the molecule is CCC(C)N(C)CCNC(N)=NCC1CCCN1CC. The van der Waals surface area contributed by atoms with E-state index in [0.717, 1.165) is 26.2 Å². The molecule has 118 valence electrons. The van der Waals surface area contributed by atoms with E-state index in [9.17, 15) is 0 Å². The molecular formula is C15H33N5. The van der Waals surface area contributed by atoms with Gasteiger partial charge in [-0.05, 0) is 46.3 Å². The molecule has 0 radical (unpaired) electrons. The van der Waals surface area contributed by atoms with E-state index < -0.39 is 0 Å². The van der Waals surface area contributed by atoms with Crippen molar-refractivity contribution < 1.29 is 0 Å². The average molecular weight is 283 g/mol. The molecule has 5 nitrogen and oxygen atoms in total. The van der Waals surface area contributed by atoms with Crippen molar-refractivity contribution in [2.45, 2.75) is 52.1 Å². The van der Waals surface area contributed by atoms with Crippen LogP contribution in [-0.4, -0.2) is 67.6 Å². The van der Waals surface area contributed by atoms with E-state index in [1.54, 1.807) is 0 Å². The number of likely N-dealkylation sites (N-methyl/N-ethyl adjacent to an activating group) is 2. The highest BCUT2D eigenvalue weighted by atomic mass is 15.2. The van der Waals surface area contributed by atoms with Gasteiger partial charge in [0, 0.05) is 25.2 Å². The molecule has 1 aliphatic heterocycles. The summed E-state index contributed by atoms with van der Waals surface area (Å²) in [6.07, 6.45) is 3.72. The van der Waals surface area contributed by atoms with E-state index in [0.29, 0.717) is 18.0 Å². The molecule has 0 bridgehead atoms. The maximum Gasteiger partial charge on any atom is 0.188 e. The van der Waals surface area contributed by atoms with Crippen molar-refractivity contribution in [3.05, 3.63) is 0 Å². The van der Waals surface area contributed by atoms with Crippen LogP contribution in [0.25, 0.3) is 0 Å². The highest BCUT2D eigenvalue weighted by Gasteiger charge is 2.22. The van der Waals surface area contributed by atoms with Gasteiger partial charge in [0.15, 0.2) is 5.96 Å². The third-order valence-electron chi connectivity index (χ3n) is 4.49. The van der Waals surface area contributed by atoms with E-state index in [1.165, 1.54) is 25.8 Å². The number of likely N-dealkylation sites (tertiary alicyclic amines) is 1. The fourth-order valence-electron chi connectivity index (χ4n) is 2.67. The number of rotatable bonds is 8. The van der Waals surface area contributed by atoms with E-state index in [4.69, 9.17) is 5.73 Å². The van der Waals surface area contributed by atoms with Gasteiger partial charge in [-0.3, -0.25) is 9.89 Å². The molecule has 1 heterocycles.